The molecule has 2 amide bonds. The SMILES string of the molecule is O=C(N[C@@H](Cc1ccc(C2CC(=O)[N+]([O-])([O-])S2)c(Br)c1)C(=O)O)OCc1ccccc1. The Morgan fingerprint density at radius 3 is 2.52 bits per heavy atom. The topological polar surface area (TPSA) is 139 Å². The molecular formula is C20H18BrN2O7S-. The molecule has 1 aliphatic rings. The first-order valence-electron chi connectivity index (χ1n) is 9.17. The fraction of sp³-hybridized carbons (Fsp3) is 0.250. The van der Waals surface area contributed by atoms with Crippen LogP contribution in [0.2, 0.25) is 0 Å². The minimum absolute atomic E-state index is 0.0104. The number of alkyl carbamates (subject to hydrolysis) is 1. The molecule has 0 aromatic heterocycles. The van der Waals surface area contributed by atoms with Gasteiger partial charge in [0.1, 0.15) is 12.6 Å². The summed E-state index contributed by atoms with van der Waals surface area (Å²) in [4.78, 5) is 35.1. The van der Waals surface area contributed by atoms with Gasteiger partial charge in [-0.1, -0.05) is 58.4 Å². The highest BCUT2D eigenvalue weighted by molar-refractivity contribution is 9.10. The molecule has 9 nitrogen and oxygen atoms in total. The smallest absolute Gasteiger partial charge is 0.408 e. The van der Waals surface area contributed by atoms with E-state index in [4.69, 9.17) is 4.74 Å². The molecule has 31 heavy (non-hydrogen) atoms. The largest absolute Gasteiger partial charge is 0.612 e. The number of carboxylic acids is 1. The molecule has 164 valence electrons. The monoisotopic (exact) mass is 509 g/mol. The predicted molar refractivity (Wildman–Crippen MR) is 116 cm³/mol. The van der Waals surface area contributed by atoms with Gasteiger partial charge >= 0.3 is 18.0 Å². The predicted octanol–water partition coefficient (Wildman–Crippen LogP) is 3.80. The van der Waals surface area contributed by atoms with E-state index in [1.165, 1.54) is 0 Å². The maximum atomic E-state index is 12.0. The van der Waals surface area contributed by atoms with Crippen molar-refractivity contribution >= 4 is 45.8 Å². The molecule has 1 heterocycles. The fourth-order valence-electron chi connectivity index (χ4n) is 3.00. The van der Waals surface area contributed by atoms with Crippen molar-refractivity contribution in [1.29, 1.82) is 0 Å². The van der Waals surface area contributed by atoms with Crippen LogP contribution in [0.4, 0.5) is 4.79 Å². The highest BCUT2D eigenvalue weighted by Crippen LogP contribution is 2.48. The Morgan fingerprint density at radius 1 is 1.23 bits per heavy atom. The van der Waals surface area contributed by atoms with Gasteiger partial charge in [-0.25, -0.2) is 14.4 Å². The van der Waals surface area contributed by atoms with Gasteiger partial charge in [0.2, 0.25) is 0 Å². The number of nitrogens with one attached hydrogen (secondary N) is 1. The molecule has 1 aliphatic heterocycles. The van der Waals surface area contributed by atoms with Crippen molar-refractivity contribution in [3.05, 3.63) is 80.1 Å². The Bertz CT molecular complexity index is 987. The Hall–Kier alpha value is -2.44. The van der Waals surface area contributed by atoms with Crippen LogP contribution in [-0.4, -0.2) is 33.3 Å². The number of quaternary nitrogens is 1. The van der Waals surface area contributed by atoms with Crippen molar-refractivity contribution in [3.63, 3.8) is 0 Å². The molecule has 1 unspecified atom stereocenters. The maximum Gasteiger partial charge on any atom is 0.408 e. The normalized spacial score (nSPS) is 18.4. The van der Waals surface area contributed by atoms with Crippen LogP contribution >= 0.6 is 27.9 Å². The average Bonchev–Trinajstić information content (AvgIpc) is 2.99. The number of halogens is 1. The third kappa shape index (κ3) is 6.05. The molecule has 1 saturated heterocycles. The Kier molecular flexibility index (Phi) is 7.34. The number of hydrogen-bond donors (Lipinski definition) is 2. The summed E-state index contributed by atoms with van der Waals surface area (Å²) in [5, 5.41) is 34.2. The molecule has 0 aliphatic carbocycles. The second-order valence-electron chi connectivity index (χ2n) is 6.85. The van der Waals surface area contributed by atoms with Crippen molar-refractivity contribution in [3.8, 4) is 0 Å². The van der Waals surface area contributed by atoms with Crippen LogP contribution in [0.3, 0.4) is 0 Å². The Morgan fingerprint density at radius 2 is 1.94 bits per heavy atom. The highest BCUT2D eigenvalue weighted by atomic mass is 79.9. The lowest BCUT2D eigenvalue weighted by Crippen LogP contribution is -2.42. The van der Waals surface area contributed by atoms with E-state index in [2.05, 4.69) is 21.2 Å². The van der Waals surface area contributed by atoms with Gasteiger partial charge in [0.05, 0.1) is 23.6 Å². The summed E-state index contributed by atoms with van der Waals surface area (Å²) >= 11 is 3.81. The summed E-state index contributed by atoms with van der Waals surface area (Å²) in [6.07, 6.45) is -1.05. The zero-order chi connectivity index (χ0) is 22.6. The van der Waals surface area contributed by atoms with Crippen LogP contribution in [0.15, 0.2) is 53.0 Å². The second kappa shape index (κ2) is 9.79. The van der Waals surface area contributed by atoms with Crippen LogP contribution in [0, 0.1) is 10.4 Å². The first-order chi connectivity index (χ1) is 14.7. The lowest BCUT2D eigenvalue weighted by Gasteiger charge is -2.36. The third-order valence-electron chi connectivity index (χ3n) is 4.59. The summed E-state index contributed by atoms with van der Waals surface area (Å²) in [5.41, 5.74) is 1.95. The molecule has 2 atom stereocenters. The molecule has 0 spiro atoms. The third-order valence-corrected chi connectivity index (χ3v) is 6.43. The van der Waals surface area contributed by atoms with Crippen LogP contribution in [0.5, 0.6) is 0 Å². The summed E-state index contributed by atoms with van der Waals surface area (Å²) in [7, 11) is 0. The van der Waals surface area contributed by atoms with Crippen LogP contribution in [0.1, 0.15) is 28.4 Å². The van der Waals surface area contributed by atoms with Gasteiger partial charge in [-0.2, -0.15) is 0 Å². The number of hydrogen-bond acceptors (Lipinski definition) is 7. The number of amides is 2. The van der Waals surface area contributed by atoms with Crippen molar-refractivity contribution in [1.82, 2.24) is 5.32 Å². The molecule has 0 radical (unpaired) electrons. The number of carboxylic acid groups (broad SMARTS) is 1. The number of carbonyl (C=O) groups excluding carboxylic acids is 2. The minimum Gasteiger partial charge on any atom is -0.612 e. The molecule has 11 heteroatoms. The van der Waals surface area contributed by atoms with Gasteiger partial charge in [0.25, 0.3) is 0 Å². The zero-order valence-electron chi connectivity index (χ0n) is 16.0. The highest BCUT2D eigenvalue weighted by Gasteiger charge is 2.39. The summed E-state index contributed by atoms with van der Waals surface area (Å²) < 4.78 is 3.38. The quantitative estimate of drug-likeness (QED) is 0.326. The molecular weight excluding hydrogens is 492 g/mol. The number of rotatable bonds is 7. The van der Waals surface area contributed by atoms with Crippen LogP contribution in [0.25, 0.3) is 0 Å². The van der Waals surface area contributed by atoms with E-state index in [0.717, 1.165) is 5.56 Å². The van der Waals surface area contributed by atoms with Crippen LogP contribution < -0.4 is 5.32 Å². The van der Waals surface area contributed by atoms with E-state index in [1.807, 2.05) is 6.07 Å². The lowest BCUT2D eigenvalue weighted by molar-refractivity contribution is -0.593. The average molecular weight is 510 g/mol. The summed E-state index contributed by atoms with van der Waals surface area (Å²) in [6.45, 7) is 0.0104. The first kappa shape index (κ1) is 23.2. The van der Waals surface area contributed by atoms with E-state index in [0.29, 0.717) is 27.5 Å². The zero-order valence-corrected chi connectivity index (χ0v) is 18.4. The molecule has 0 saturated carbocycles. The van der Waals surface area contributed by atoms with Gasteiger partial charge < -0.3 is 25.6 Å². The minimum atomic E-state index is -2.23. The summed E-state index contributed by atoms with van der Waals surface area (Å²) in [6, 6.07) is 12.6. The van der Waals surface area contributed by atoms with E-state index in [-0.39, 0.29) is 19.4 Å². The lowest BCUT2D eigenvalue weighted by atomic mass is 10.0. The maximum absolute atomic E-state index is 12.0. The van der Waals surface area contributed by atoms with Crippen LogP contribution in [-0.2, 0) is 27.4 Å². The number of ether oxygens (including phenoxy) is 1. The standard InChI is InChI=1S/C20H18BrN2O7S/c21-15-8-13(6-7-14(15)17-10-18(24)23(28,29)31-17)9-16(19(25)26)22-20(27)30-11-12-4-2-1-3-5-12/h1-8,16-17H,9-11H2,(H,22,27)(H,25,26)/q-1/t16-,17?/m0/s1. The second-order valence-corrected chi connectivity index (χ2v) is 8.96. The number of hydroxylamine groups is 2. The molecule has 2 aromatic carbocycles. The van der Waals surface area contributed by atoms with Crippen molar-refractivity contribution < 1.29 is 28.4 Å². The molecule has 1 fully saturated rings. The molecule has 3 rings (SSSR count). The summed E-state index contributed by atoms with van der Waals surface area (Å²) in [5.74, 6) is -2.18. The van der Waals surface area contributed by atoms with E-state index >= 15 is 0 Å². The Balaban J connectivity index is 1.62. The van der Waals surface area contributed by atoms with Gasteiger partial charge in [-0.3, -0.25) is 4.21 Å². The van der Waals surface area contributed by atoms with E-state index < -0.39 is 33.5 Å². The van der Waals surface area contributed by atoms with E-state index in [9.17, 15) is 29.9 Å². The fourth-order valence-corrected chi connectivity index (χ4v) is 4.92. The Labute approximate surface area is 190 Å². The van der Waals surface area contributed by atoms with Gasteiger partial charge in [0, 0.05) is 10.9 Å². The van der Waals surface area contributed by atoms with Crippen molar-refractivity contribution in [2.75, 3.05) is 0 Å². The molecule has 0 bridgehead atoms. The van der Waals surface area contributed by atoms with Crippen molar-refractivity contribution in [2.24, 2.45) is 0 Å². The van der Waals surface area contributed by atoms with Gasteiger partial charge in [0.15, 0.2) is 0 Å². The number of benzene rings is 2. The van der Waals surface area contributed by atoms with Gasteiger partial charge in [-0.05, 0) is 22.8 Å². The first-order valence-corrected chi connectivity index (χ1v) is 10.8. The van der Waals surface area contributed by atoms with Crippen molar-refractivity contribution in [2.45, 2.75) is 30.7 Å². The molecule has 2 aromatic rings. The molecule has 2 N–H and O–H groups in total. The number of aliphatic carboxylic acids is 1. The number of nitrogens with zero attached hydrogens (tertiary/aromatic N) is 1. The van der Waals surface area contributed by atoms with Gasteiger partial charge in [-0.15, -0.1) is 0 Å². The van der Waals surface area contributed by atoms with E-state index in [1.54, 1.807) is 42.5 Å². The number of carbonyl (C=O) groups is 3.